The maximum Gasteiger partial charge on any atom is 0.272 e. The smallest absolute Gasteiger partial charge is 0.272 e. The number of carbonyl (C=O) groups excluding carboxylic acids is 1. The fourth-order valence-electron chi connectivity index (χ4n) is 2.86. The molecule has 0 fully saturated rings. The predicted molar refractivity (Wildman–Crippen MR) is 77.2 cm³/mol. The molecule has 0 bridgehead atoms. The van der Waals surface area contributed by atoms with Crippen LogP contribution < -0.4 is 11.1 Å². The normalized spacial score (nSPS) is 17.6. The lowest BCUT2D eigenvalue weighted by Gasteiger charge is -2.26. The van der Waals surface area contributed by atoms with Gasteiger partial charge in [-0.25, -0.2) is 0 Å². The van der Waals surface area contributed by atoms with E-state index in [1.165, 1.54) is 22.0 Å². The van der Waals surface area contributed by atoms with Gasteiger partial charge in [-0.2, -0.15) is 5.10 Å². The number of nitrogens with zero attached hydrogens (tertiary/aromatic N) is 2. The third kappa shape index (κ3) is 2.15. The predicted octanol–water partition coefficient (Wildman–Crippen LogP) is 1.81. The fraction of sp³-hybridized carbons (Fsp3) is 0.333. The zero-order chi connectivity index (χ0) is 14.1. The van der Waals surface area contributed by atoms with Crippen molar-refractivity contribution in [2.24, 2.45) is 7.05 Å². The number of hydrogen-bond donors (Lipinski definition) is 2. The number of nitrogens with one attached hydrogen (secondary N) is 1. The number of anilines is 1. The number of rotatable bonds is 2. The van der Waals surface area contributed by atoms with E-state index in [1.807, 2.05) is 12.1 Å². The molecule has 2 aromatic rings. The number of aromatic nitrogens is 2. The second-order valence-corrected chi connectivity index (χ2v) is 5.19. The summed E-state index contributed by atoms with van der Waals surface area (Å²) in [6.07, 6.45) is 4.63. The maximum absolute atomic E-state index is 12.4. The molecule has 0 aliphatic heterocycles. The van der Waals surface area contributed by atoms with Crippen molar-refractivity contribution in [2.45, 2.75) is 25.3 Å². The molecule has 1 heterocycles. The molecule has 5 heteroatoms. The number of carbonyl (C=O) groups is 1. The highest BCUT2D eigenvalue weighted by Crippen LogP contribution is 2.29. The topological polar surface area (TPSA) is 72.9 Å². The number of aryl methyl sites for hydroxylation is 2. The van der Waals surface area contributed by atoms with Crippen LogP contribution in [0.3, 0.4) is 0 Å². The lowest BCUT2D eigenvalue weighted by atomic mass is 9.87. The third-order valence-electron chi connectivity index (χ3n) is 3.86. The van der Waals surface area contributed by atoms with Gasteiger partial charge >= 0.3 is 0 Å². The van der Waals surface area contributed by atoms with Crippen LogP contribution in [0.2, 0.25) is 0 Å². The Kier molecular flexibility index (Phi) is 3.18. The van der Waals surface area contributed by atoms with Crippen molar-refractivity contribution in [3.63, 3.8) is 0 Å². The Hall–Kier alpha value is -2.30. The number of fused-ring (bicyclic) bond motifs is 1. The molecule has 1 amide bonds. The molecule has 5 nitrogen and oxygen atoms in total. The van der Waals surface area contributed by atoms with Crippen molar-refractivity contribution in [3.05, 3.63) is 47.3 Å². The molecule has 1 aromatic heterocycles. The first-order chi connectivity index (χ1) is 9.66. The van der Waals surface area contributed by atoms with E-state index in [4.69, 9.17) is 5.73 Å². The van der Waals surface area contributed by atoms with E-state index in [0.717, 1.165) is 19.3 Å². The molecular weight excluding hydrogens is 252 g/mol. The fourth-order valence-corrected chi connectivity index (χ4v) is 2.86. The molecule has 1 aliphatic carbocycles. The molecule has 0 radical (unpaired) electrons. The summed E-state index contributed by atoms with van der Waals surface area (Å²) in [5.41, 5.74) is 9.17. The molecule has 1 aromatic carbocycles. The Bertz CT molecular complexity index is 628. The highest BCUT2D eigenvalue weighted by atomic mass is 16.2. The summed E-state index contributed by atoms with van der Waals surface area (Å²) in [6.45, 7) is 0. The first-order valence-corrected chi connectivity index (χ1v) is 6.83. The number of amides is 1. The Balaban J connectivity index is 1.84. The monoisotopic (exact) mass is 270 g/mol. The first-order valence-electron chi connectivity index (χ1n) is 6.83. The van der Waals surface area contributed by atoms with Crippen molar-refractivity contribution in [2.75, 3.05) is 5.73 Å². The van der Waals surface area contributed by atoms with E-state index in [9.17, 15) is 4.79 Å². The summed E-state index contributed by atoms with van der Waals surface area (Å²) in [4.78, 5) is 12.4. The minimum Gasteiger partial charge on any atom is -0.396 e. The highest BCUT2D eigenvalue weighted by Gasteiger charge is 2.24. The summed E-state index contributed by atoms with van der Waals surface area (Å²) >= 11 is 0. The quantitative estimate of drug-likeness (QED) is 0.874. The molecular formula is C15H18N4O. The summed E-state index contributed by atoms with van der Waals surface area (Å²) in [7, 11) is 1.72. The molecule has 0 spiro atoms. The number of nitrogens with two attached hydrogens (primary N) is 1. The summed E-state index contributed by atoms with van der Waals surface area (Å²) in [5.74, 6) is -0.163. The second-order valence-electron chi connectivity index (χ2n) is 5.19. The van der Waals surface area contributed by atoms with Crippen molar-refractivity contribution < 1.29 is 4.79 Å². The number of benzene rings is 1. The van der Waals surface area contributed by atoms with Gasteiger partial charge in [-0.15, -0.1) is 0 Å². The van der Waals surface area contributed by atoms with Gasteiger partial charge in [-0.1, -0.05) is 24.3 Å². The van der Waals surface area contributed by atoms with Gasteiger partial charge in [0.15, 0.2) is 0 Å². The van der Waals surface area contributed by atoms with E-state index < -0.39 is 0 Å². The molecule has 1 unspecified atom stereocenters. The second kappa shape index (κ2) is 5.00. The van der Waals surface area contributed by atoms with Crippen LogP contribution in [0, 0.1) is 0 Å². The third-order valence-corrected chi connectivity index (χ3v) is 3.86. The molecule has 0 saturated heterocycles. The van der Waals surface area contributed by atoms with Crippen LogP contribution in [-0.2, 0) is 13.5 Å². The zero-order valence-electron chi connectivity index (χ0n) is 11.5. The lowest BCUT2D eigenvalue weighted by molar-refractivity contribution is 0.0924. The van der Waals surface area contributed by atoms with E-state index in [1.54, 1.807) is 7.05 Å². The summed E-state index contributed by atoms with van der Waals surface area (Å²) < 4.78 is 1.51. The van der Waals surface area contributed by atoms with E-state index in [0.29, 0.717) is 11.4 Å². The molecule has 3 N–H and O–H groups in total. The van der Waals surface area contributed by atoms with Crippen LogP contribution in [-0.4, -0.2) is 15.7 Å². The number of nitrogen functional groups attached to an aromatic ring is 1. The molecule has 1 aliphatic rings. The Morgan fingerprint density at radius 1 is 1.45 bits per heavy atom. The molecule has 0 saturated carbocycles. The average molecular weight is 270 g/mol. The van der Waals surface area contributed by atoms with Gasteiger partial charge in [-0.3, -0.25) is 9.48 Å². The highest BCUT2D eigenvalue weighted by molar-refractivity contribution is 5.97. The minimum absolute atomic E-state index is 0.0572. The molecule has 20 heavy (non-hydrogen) atoms. The van der Waals surface area contributed by atoms with Crippen molar-refractivity contribution in [1.29, 1.82) is 0 Å². The van der Waals surface area contributed by atoms with Gasteiger partial charge in [0.25, 0.3) is 5.91 Å². The van der Waals surface area contributed by atoms with Crippen LogP contribution in [0.15, 0.2) is 30.5 Å². The van der Waals surface area contributed by atoms with E-state index in [-0.39, 0.29) is 11.9 Å². The zero-order valence-corrected chi connectivity index (χ0v) is 11.5. The van der Waals surface area contributed by atoms with E-state index in [2.05, 4.69) is 22.5 Å². The van der Waals surface area contributed by atoms with Gasteiger partial charge in [0, 0.05) is 7.05 Å². The van der Waals surface area contributed by atoms with Gasteiger partial charge < -0.3 is 11.1 Å². The average Bonchev–Trinajstić information content (AvgIpc) is 2.78. The lowest BCUT2D eigenvalue weighted by Crippen LogP contribution is -2.32. The van der Waals surface area contributed by atoms with Crippen LogP contribution in [0.25, 0.3) is 0 Å². The summed E-state index contributed by atoms with van der Waals surface area (Å²) in [6, 6.07) is 8.34. The largest absolute Gasteiger partial charge is 0.396 e. The van der Waals surface area contributed by atoms with Gasteiger partial charge in [0.05, 0.1) is 17.9 Å². The SMILES string of the molecule is Cn1ncc(N)c1C(=O)NC1CCCc2ccccc21. The Morgan fingerprint density at radius 3 is 3.00 bits per heavy atom. The minimum atomic E-state index is -0.163. The van der Waals surface area contributed by atoms with Crippen LogP contribution >= 0.6 is 0 Å². The maximum atomic E-state index is 12.4. The molecule has 1 atom stereocenters. The Morgan fingerprint density at radius 2 is 2.25 bits per heavy atom. The van der Waals surface area contributed by atoms with Gasteiger partial charge in [-0.05, 0) is 30.4 Å². The molecule has 3 rings (SSSR count). The van der Waals surface area contributed by atoms with Crippen LogP contribution in [0.5, 0.6) is 0 Å². The van der Waals surface area contributed by atoms with E-state index >= 15 is 0 Å². The number of hydrogen-bond acceptors (Lipinski definition) is 3. The Labute approximate surface area is 117 Å². The van der Waals surface area contributed by atoms with Crippen LogP contribution in [0.4, 0.5) is 5.69 Å². The first kappa shape index (κ1) is 12.7. The van der Waals surface area contributed by atoms with Crippen molar-refractivity contribution in [1.82, 2.24) is 15.1 Å². The van der Waals surface area contributed by atoms with Crippen molar-refractivity contribution >= 4 is 11.6 Å². The summed E-state index contributed by atoms with van der Waals surface area (Å²) in [5, 5.41) is 7.08. The molecule has 104 valence electrons. The van der Waals surface area contributed by atoms with Crippen molar-refractivity contribution in [3.8, 4) is 0 Å². The van der Waals surface area contributed by atoms with Gasteiger partial charge in [0.1, 0.15) is 5.69 Å². The van der Waals surface area contributed by atoms with Crippen LogP contribution in [0.1, 0.15) is 40.5 Å². The van der Waals surface area contributed by atoms with Gasteiger partial charge in [0.2, 0.25) is 0 Å². The standard InChI is InChI=1S/C15H18N4O/c1-19-14(12(16)9-17-19)15(20)18-13-8-4-6-10-5-2-3-7-11(10)13/h2-3,5,7,9,13H,4,6,8,16H2,1H3,(H,18,20).